The van der Waals surface area contributed by atoms with Crippen LogP contribution in [0.5, 0.6) is 5.75 Å². The fourth-order valence-electron chi connectivity index (χ4n) is 1.54. The molecular formula is C15H16N2O2S. The van der Waals surface area contributed by atoms with Crippen molar-refractivity contribution < 1.29 is 9.53 Å². The number of rotatable bonds is 5. The second-order valence-electron chi connectivity index (χ2n) is 4.23. The Kier molecular flexibility index (Phi) is 5.01. The number of methoxy groups -OCH3 is 1. The summed E-state index contributed by atoms with van der Waals surface area (Å²) in [5.41, 5.74) is 1.07. The van der Waals surface area contributed by atoms with E-state index in [9.17, 15) is 4.79 Å². The Hall–Kier alpha value is -2.01. The van der Waals surface area contributed by atoms with Crippen LogP contribution in [0.15, 0.2) is 47.5 Å². The number of benzene rings is 1. The summed E-state index contributed by atoms with van der Waals surface area (Å²) in [5, 5.41) is 2.77. The number of pyridine rings is 1. The normalized spacial score (nSPS) is 10.1. The zero-order valence-electron chi connectivity index (χ0n) is 11.4. The van der Waals surface area contributed by atoms with Crippen LogP contribution in [0.2, 0.25) is 0 Å². The Morgan fingerprint density at radius 1 is 1.25 bits per heavy atom. The van der Waals surface area contributed by atoms with Gasteiger partial charge in [0.25, 0.3) is 0 Å². The molecule has 0 aliphatic heterocycles. The number of carbonyl (C=O) groups is 1. The molecule has 5 heteroatoms. The molecule has 0 aliphatic rings. The number of aryl methyl sites for hydroxylation is 1. The highest BCUT2D eigenvalue weighted by Crippen LogP contribution is 2.21. The van der Waals surface area contributed by atoms with Crippen molar-refractivity contribution in [3.05, 3.63) is 48.2 Å². The zero-order chi connectivity index (χ0) is 14.4. The summed E-state index contributed by atoms with van der Waals surface area (Å²) in [6, 6.07) is 11.3. The number of anilines is 1. The number of hydrogen-bond donors (Lipinski definition) is 1. The molecule has 1 aromatic heterocycles. The molecule has 104 valence electrons. The quantitative estimate of drug-likeness (QED) is 0.859. The van der Waals surface area contributed by atoms with Gasteiger partial charge in [-0.3, -0.25) is 4.79 Å². The van der Waals surface area contributed by atoms with Crippen LogP contribution in [-0.4, -0.2) is 23.8 Å². The standard InChI is InChI=1S/C15H16N2O2S/c1-11-3-8-14(16-9-11)17-15(18)10-20-13-6-4-12(19-2)5-7-13/h3-9H,10H2,1-2H3,(H,16,17,18). The van der Waals surface area contributed by atoms with Gasteiger partial charge in [0.2, 0.25) is 5.91 Å². The van der Waals surface area contributed by atoms with E-state index in [2.05, 4.69) is 10.3 Å². The van der Waals surface area contributed by atoms with Crippen molar-refractivity contribution in [2.24, 2.45) is 0 Å². The number of aromatic nitrogens is 1. The van der Waals surface area contributed by atoms with Gasteiger partial charge >= 0.3 is 0 Å². The number of thioether (sulfide) groups is 1. The summed E-state index contributed by atoms with van der Waals surface area (Å²) >= 11 is 1.47. The summed E-state index contributed by atoms with van der Waals surface area (Å²) in [6.07, 6.45) is 1.73. The van der Waals surface area contributed by atoms with Crippen molar-refractivity contribution in [3.8, 4) is 5.75 Å². The van der Waals surface area contributed by atoms with Crippen molar-refractivity contribution >= 4 is 23.5 Å². The van der Waals surface area contributed by atoms with Gasteiger partial charge in [0, 0.05) is 11.1 Å². The van der Waals surface area contributed by atoms with Gasteiger partial charge in [-0.1, -0.05) is 6.07 Å². The summed E-state index contributed by atoms with van der Waals surface area (Å²) in [4.78, 5) is 17.0. The Morgan fingerprint density at radius 3 is 2.60 bits per heavy atom. The van der Waals surface area contributed by atoms with Gasteiger partial charge in [0.15, 0.2) is 0 Å². The lowest BCUT2D eigenvalue weighted by Crippen LogP contribution is -2.14. The molecule has 0 saturated carbocycles. The average molecular weight is 288 g/mol. The molecule has 0 aliphatic carbocycles. The summed E-state index contributed by atoms with van der Waals surface area (Å²) in [6.45, 7) is 1.96. The van der Waals surface area contributed by atoms with E-state index in [0.717, 1.165) is 16.2 Å². The molecular weight excluding hydrogens is 272 g/mol. The SMILES string of the molecule is COc1ccc(SCC(=O)Nc2ccc(C)cn2)cc1. The molecule has 0 atom stereocenters. The van der Waals surface area contributed by atoms with Crippen LogP contribution in [0, 0.1) is 6.92 Å². The summed E-state index contributed by atoms with van der Waals surface area (Å²) in [5.74, 6) is 1.67. The highest BCUT2D eigenvalue weighted by Gasteiger charge is 2.04. The predicted octanol–water partition coefficient (Wildman–Crippen LogP) is 3.13. The molecule has 0 bridgehead atoms. The third-order valence-corrected chi connectivity index (χ3v) is 3.62. The van der Waals surface area contributed by atoms with Crippen LogP contribution in [0.25, 0.3) is 0 Å². The lowest BCUT2D eigenvalue weighted by molar-refractivity contribution is -0.113. The van der Waals surface area contributed by atoms with Crippen molar-refractivity contribution in [2.75, 3.05) is 18.2 Å². The van der Waals surface area contributed by atoms with E-state index in [-0.39, 0.29) is 5.91 Å². The largest absolute Gasteiger partial charge is 0.497 e. The molecule has 2 aromatic rings. The van der Waals surface area contributed by atoms with Crippen LogP contribution in [0.4, 0.5) is 5.82 Å². The Labute approximate surface area is 122 Å². The van der Waals surface area contributed by atoms with Crippen molar-refractivity contribution in [1.29, 1.82) is 0 Å². The molecule has 20 heavy (non-hydrogen) atoms. The van der Waals surface area contributed by atoms with E-state index in [0.29, 0.717) is 11.6 Å². The second kappa shape index (κ2) is 6.96. The number of ether oxygens (including phenoxy) is 1. The smallest absolute Gasteiger partial charge is 0.235 e. The van der Waals surface area contributed by atoms with Crippen molar-refractivity contribution in [2.45, 2.75) is 11.8 Å². The van der Waals surface area contributed by atoms with Crippen molar-refractivity contribution in [3.63, 3.8) is 0 Å². The van der Waals surface area contributed by atoms with E-state index >= 15 is 0 Å². The minimum absolute atomic E-state index is 0.0674. The maximum atomic E-state index is 11.8. The topological polar surface area (TPSA) is 51.2 Å². The fraction of sp³-hybridized carbons (Fsp3) is 0.200. The van der Waals surface area contributed by atoms with Gasteiger partial charge in [-0.15, -0.1) is 11.8 Å². The highest BCUT2D eigenvalue weighted by atomic mass is 32.2. The van der Waals surface area contributed by atoms with Gasteiger partial charge in [0.1, 0.15) is 11.6 Å². The van der Waals surface area contributed by atoms with E-state index in [4.69, 9.17) is 4.74 Å². The molecule has 0 spiro atoms. The third-order valence-electron chi connectivity index (χ3n) is 2.61. The van der Waals surface area contributed by atoms with Gasteiger partial charge in [-0.25, -0.2) is 4.98 Å². The Morgan fingerprint density at radius 2 is 2.00 bits per heavy atom. The minimum atomic E-state index is -0.0674. The number of nitrogens with zero attached hydrogens (tertiary/aromatic N) is 1. The Balaban J connectivity index is 1.83. The molecule has 1 amide bonds. The zero-order valence-corrected chi connectivity index (χ0v) is 12.2. The van der Waals surface area contributed by atoms with Crippen LogP contribution in [0.1, 0.15) is 5.56 Å². The lowest BCUT2D eigenvalue weighted by atomic mass is 10.3. The highest BCUT2D eigenvalue weighted by molar-refractivity contribution is 8.00. The van der Waals surface area contributed by atoms with Crippen LogP contribution in [-0.2, 0) is 4.79 Å². The molecule has 4 nitrogen and oxygen atoms in total. The maximum absolute atomic E-state index is 11.8. The van der Waals surface area contributed by atoms with Gasteiger partial charge < -0.3 is 10.1 Å². The van der Waals surface area contributed by atoms with E-state index in [1.807, 2.05) is 37.3 Å². The second-order valence-corrected chi connectivity index (χ2v) is 5.28. The van der Waals surface area contributed by atoms with E-state index in [1.165, 1.54) is 11.8 Å². The monoisotopic (exact) mass is 288 g/mol. The van der Waals surface area contributed by atoms with Crippen molar-refractivity contribution in [1.82, 2.24) is 4.98 Å². The number of amides is 1. The molecule has 1 heterocycles. The summed E-state index contributed by atoms with van der Waals surface area (Å²) < 4.78 is 5.09. The van der Waals surface area contributed by atoms with Gasteiger partial charge in [-0.2, -0.15) is 0 Å². The number of nitrogens with one attached hydrogen (secondary N) is 1. The molecule has 2 rings (SSSR count). The summed E-state index contributed by atoms with van der Waals surface area (Å²) in [7, 11) is 1.63. The lowest BCUT2D eigenvalue weighted by Gasteiger charge is -2.05. The first kappa shape index (κ1) is 14.4. The Bertz CT molecular complexity index is 567. The molecule has 0 fully saturated rings. The predicted molar refractivity (Wildman–Crippen MR) is 81.3 cm³/mol. The minimum Gasteiger partial charge on any atom is -0.497 e. The number of hydrogen-bond acceptors (Lipinski definition) is 4. The van der Waals surface area contributed by atoms with Crippen LogP contribution in [0.3, 0.4) is 0 Å². The fourth-order valence-corrected chi connectivity index (χ4v) is 2.24. The van der Waals surface area contributed by atoms with Gasteiger partial charge in [0.05, 0.1) is 12.9 Å². The van der Waals surface area contributed by atoms with Gasteiger partial charge in [-0.05, 0) is 42.8 Å². The van der Waals surface area contributed by atoms with Crippen LogP contribution < -0.4 is 10.1 Å². The first-order valence-electron chi connectivity index (χ1n) is 6.17. The van der Waals surface area contributed by atoms with E-state index < -0.39 is 0 Å². The molecule has 0 saturated heterocycles. The first-order chi connectivity index (χ1) is 9.67. The number of carbonyl (C=O) groups excluding carboxylic acids is 1. The van der Waals surface area contributed by atoms with E-state index in [1.54, 1.807) is 19.4 Å². The maximum Gasteiger partial charge on any atom is 0.235 e. The van der Waals surface area contributed by atoms with Crippen LogP contribution >= 0.6 is 11.8 Å². The molecule has 0 unspecified atom stereocenters. The molecule has 1 aromatic carbocycles. The first-order valence-corrected chi connectivity index (χ1v) is 7.15. The molecule has 1 N–H and O–H groups in total. The average Bonchev–Trinajstić information content (AvgIpc) is 2.48. The third kappa shape index (κ3) is 4.28. The molecule has 0 radical (unpaired) electrons.